The minimum absolute atomic E-state index is 0.116. The van der Waals surface area contributed by atoms with Crippen molar-refractivity contribution >= 4 is 11.3 Å². The third kappa shape index (κ3) is 3.23. The number of hydrogen-bond acceptors (Lipinski definition) is 5. The van der Waals surface area contributed by atoms with Gasteiger partial charge in [0.1, 0.15) is 5.01 Å². The zero-order valence-electron chi connectivity index (χ0n) is 11.3. The van der Waals surface area contributed by atoms with Gasteiger partial charge in [-0.1, -0.05) is 6.42 Å². The van der Waals surface area contributed by atoms with E-state index in [1.54, 1.807) is 17.5 Å². The maximum Gasteiger partial charge on any atom is 0.125 e. The lowest BCUT2D eigenvalue weighted by molar-refractivity contribution is 0.131. The van der Waals surface area contributed by atoms with Gasteiger partial charge in [0.25, 0.3) is 0 Å². The molecule has 1 aliphatic carbocycles. The molecular formula is C15H19N3OS. The third-order valence-corrected chi connectivity index (χ3v) is 4.83. The number of nitrogens with zero attached hydrogens (tertiary/aromatic N) is 2. The van der Waals surface area contributed by atoms with E-state index < -0.39 is 0 Å². The Kier molecular flexibility index (Phi) is 4.40. The molecule has 0 aromatic carbocycles. The fraction of sp³-hybridized carbons (Fsp3) is 0.467. The van der Waals surface area contributed by atoms with Crippen LogP contribution in [0.3, 0.4) is 0 Å². The van der Waals surface area contributed by atoms with E-state index in [1.165, 1.54) is 4.88 Å². The highest BCUT2D eigenvalue weighted by molar-refractivity contribution is 7.15. The largest absolute Gasteiger partial charge is 0.393 e. The summed E-state index contributed by atoms with van der Waals surface area (Å²) in [4.78, 5) is 9.78. The molecule has 1 saturated carbocycles. The van der Waals surface area contributed by atoms with E-state index in [0.29, 0.717) is 5.92 Å². The topological polar surface area (TPSA) is 58.0 Å². The summed E-state index contributed by atoms with van der Waals surface area (Å²) in [7, 11) is 0. The summed E-state index contributed by atoms with van der Waals surface area (Å²) in [5, 5.41) is 14.2. The van der Waals surface area contributed by atoms with Gasteiger partial charge >= 0.3 is 0 Å². The highest BCUT2D eigenvalue weighted by Crippen LogP contribution is 2.26. The number of aromatic nitrogens is 2. The maximum absolute atomic E-state index is 9.78. The quantitative estimate of drug-likeness (QED) is 0.887. The van der Waals surface area contributed by atoms with Crippen molar-refractivity contribution in [2.24, 2.45) is 5.92 Å². The molecular weight excluding hydrogens is 270 g/mol. The Labute approximate surface area is 122 Å². The van der Waals surface area contributed by atoms with Crippen molar-refractivity contribution in [1.82, 2.24) is 15.3 Å². The first-order chi connectivity index (χ1) is 9.83. The number of pyridine rings is 1. The monoisotopic (exact) mass is 289 g/mol. The SMILES string of the molecule is O[C@@H]1CCC[C@H]1CNCc1cnc(-c2cccnc2)s1. The van der Waals surface area contributed by atoms with Crippen molar-refractivity contribution in [1.29, 1.82) is 0 Å². The molecule has 0 unspecified atom stereocenters. The molecule has 0 radical (unpaired) electrons. The van der Waals surface area contributed by atoms with E-state index in [1.807, 2.05) is 24.5 Å². The number of aliphatic hydroxyl groups excluding tert-OH is 1. The van der Waals surface area contributed by atoms with Crippen molar-refractivity contribution in [3.05, 3.63) is 35.6 Å². The van der Waals surface area contributed by atoms with E-state index in [-0.39, 0.29) is 6.10 Å². The zero-order valence-corrected chi connectivity index (χ0v) is 12.1. The molecule has 2 heterocycles. The maximum atomic E-state index is 9.78. The lowest BCUT2D eigenvalue weighted by atomic mass is 10.1. The smallest absolute Gasteiger partial charge is 0.125 e. The number of thiazole rings is 1. The summed E-state index contributed by atoms with van der Waals surface area (Å²) in [5.41, 5.74) is 1.06. The molecule has 1 fully saturated rings. The minimum atomic E-state index is -0.116. The Bertz CT molecular complexity index is 543. The van der Waals surface area contributed by atoms with Gasteiger partial charge in [0.15, 0.2) is 0 Å². The Balaban J connectivity index is 1.53. The number of nitrogens with one attached hydrogen (secondary N) is 1. The van der Waals surface area contributed by atoms with Gasteiger partial charge in [0.05, 0.1) is 6.10 Å². The van der Waals surface area contributed by atoms with Gasteiger partial charge in [0.2, 0.25) is 0 Å². The zero-order chi connectivity index (χ0) is 13.8. The Morgan fingerprint density at radius 1 is 1.35 bits per heavy atom. The van der Waals surface area contributed by atoms with Gasteiger partial charge in [-0.15, -0.1) is 11.3 Å². The van der Waals surface area contributed by atoms with Gasteiger partial charge < -0.3 is 10.4 Å². The first-order valence-corrected chi connectivity index (χ1v) is 7.88. The van der Waals surface area contributed by atoms with Crippen LogP contribution in [-0.4, -0.2) is 27.7 Å². The van der Waals surface area contributed by atoms with Gasteiger partial charge in [-0.3, -0.25) is 4.98 Å². The van der Waals surface area contributed by atoms with Crippen LogP contribution in [0.15, 0.2) is 30.7 Å². The fourth-order valence-corrected chi connectivity index (χ4v) is 3.52. The molecule has 0 bridgehead atoms. The normalized spacial score (nSPS) is 22.2. The molecule has 106 valence electrons. The van der Waals surface area contributed by atoms with E-state index in [4.69, 9.17) is 0 Å². The fourth-order valence-electron chi connectivity index (χ4n) is 2.65. The Morgan fingerprint density at radius 2 is 2.30 bits per heavy atom. The second kappa shape index (κ2) is 6.43. The molecule has 2 aromatic rings. The molecule has 20 heavy (non-hydrogen) atoms. The van der Waals surface area contributed by atoms with Crippen LogP contribution in [0, 0.1) is 5.92 Å². The average molecular weight is 289 g/mol. The summed E-state index contributed by atoms with van der Waals surface area (Å²) < 4.78 is 0. The summed E-state index contributed by atoms with van der Waals surface area (Å²) in [6, 6.07) is 3.95. The van der Waals surface area contributed by atoms with Crippen molar-refractivity contribution in [3.63, 3.8) is 0 Å². The van der Waals surface area contributed by atoms with Crippen molar-refractivity contribution in [2.45, 2.75) is 31.9 Å². The molecule has 2 aromatic heterocycles. The van der Waals surface area contributed by atoms with E-state index in [9.17, 15) is 5.11 Å². The van der Waals surface area contributed by atoms with Crippen molar-refractivity contribution in [2.75, 3.05) is 6.54 Å². The number of hydrogen-bond donors (Lipinski definition) is 2. The van der Waals surface area contributed by atoms with Crippen LogP contribution in [0.5, 0.6) is 0 Å². The predicted octanol–water partition coefficient (Wildman–Crippen LogP) is 2.46. The molecule has 3 rings (SSSR count). The molecule has 1 aliphatic rings. The lowest BCUT2D eigenvalue weighted by Gasteiger charge is -2.14. The Hall–Kier alpha value is -1.30. The van der Waals surface area contributed by atoms with Crippen LogP contribution in [0.2, 0.25) is 0 Å². The second-order valence-corrected chi connectivity index (χ2v) is 6.38. The average Bonchev–Trinajstić information content (AvgIpc) is 3.10. The minimum Gasteiger partial charge on any atom is -0.393 e. The first-order valence-electron chi connectivity index (χ1n) is 7.07. The van der Waals surface area contributed by atoms with Crippen LogP contribution >= 0.6 is 11.3 Å². The predicted molar refractivity (Wildman–Crippen MR) is 80.4 cm³/mol. The molecule has 5 heteroatoms. The van der Waals surface area contributed by atoms with Crippen LogP contribution in [-0.2, 0) is 6.54 Å². The first kappa shape index (κ1) is 13.7. The lowest BCUT2D eigenvalue weighted by Crippen LogP contribution is -2.27. The van der Waals surface area contributed by atoms with Gasteiger partial charge in [0, 0.05) is 42.1 Å². The third-order valence-electron chi connectivity index (χ3n) is 3.79. The van der Waals surface area contributed by atoms with Crippen LogP contribution in [0.4, 0.5) is 0 Å². The standard InChI is InChI=1S/C15H19N3OS/c19-14-5-1-3-11(14)7-17-9-13-10-18-15(20-13)12-4-2-6-16-8-12/h2,4,6,8,10-11,14,17,19H,1,3,5,7,9H2/t11-,14+/m0/s1. The highest BCUT2D eigenvalue weighted by Gasteiger charge is 2.24. The van der Waals surface area contributed by atoms with E-state index >= 15 is 0 Å². The molecule has 2 atom stereocenters. The summed E-state index contributed by atoms with van der Waals surface area (Å²) in [6.07, 6.45) is 8.66. The summed E-state index contributed by atoms with van der Waals surface area (Å²) in [6.45, 7) is 1.71. The summed E-state index contributed by atoms with van der Waals surface area (Å²) >= 11 is 1.69. The number of aliphatic hydroxyl groups is 1. The van der Waals surface area contributed by atoms with E-state index in [0.717, 1.165) is 42.9 Å². The van der Waals surface area contributed by atoms with Gasteiger partial charge in [-0.25, -0.2) is 4.98 Å². The molecule has 0 spiro atoms. The molecule has 0 saturated heterocycles. The highest BCUT2D eigenvalue weighted by atomic mass is 32.1. The molecule has 0 aliphatic heterocycles. The van der Waals surface area contributed by atoms with Crippen LogP contribution < -0.4 is 5.32 Å². The summed E-state index contributed by atoms with van der Waals surface area (Å²) in [5.74, 6) is 0.417. The second-order valence-electron chi connectivity index (χ2n) is 5.26. The van der Waals surface area contributed by atoms with Crippen molar-refractivity contribution < 1.29 is 5.11 Å². The van der Waals surface area contributed by atoms with Crippen LogP contribution in [0.1, 0.15) is 24.1 Å². The van der Waals surface area contributed by atoms with Gasteiger partial charge in [-0.05, 0) is 30.9 Å². The number of rotatable bonds is 5. The molecule has 0 amide bonds. The van der Waals surface area contributed by atoms with E-state index in [2.05, 4.69) is 15.3 Å². The van der Waals surface area contributed by atoms with Gasteiger partial charge in [-0.2, -0.15) is 0 Å². The Morgan fingerprint density at radius 3 is 3.05 bits per heavy atom. The molecule has 4 nitrogen and oxygen atoms in total. The van der Waals surface area contributed by atoms with Crippen LogP contribution in [0.25, 0.3) is 10.6 Å². The molecule has 2 N–H and O–H groups in total. The van der Waals surface area contributed by atoms with Crippen molar-refractivity contribution in [3.8, 4) is 10.6 Å².